The Kier molecular flexibility index (Phi) is 1.29. The summed E-state index contributed by atoms with van der Waals surface area (Å²) in [7, 11) is 0. The molecule has 3 N–H and O–H groups in total. The van der Waals surface area contributed by atoms with Crippen LogP contribution in [0.2, 0.25) is 0 Å². The first-order chi connectivity index (χ1) is 4.77. The fourth-order valence-electron chi connectivity index (χ4n) is 1.83. The van der Waals surface area contributed by atoms with Crippen molar-refractivity contribution >= 4 is 0 Å². The molecule has 0 atom stereocenters. The van der Waals surface area contributed by atoms with Crippen molar-refractivity contribution in [3.63, 3.8) is 0 Å². The monoisotopic (exact) mass is 141 g/mol. The van der Waals surface area contributed by atoms with Gasteiger partial charge in [0.15, 0.2) is 0 Å². The van der Waals surface area contributed by atoms with Crippen molar-refractivity contribution in [1.29, 1.82) is 0 Å². The molecule has 0 spiro atoms. The van der Waals surface area contributed by atoms with E-state index in [0.29, 0.717) is 18.4 Å². The molecule has 0 amide bonds. The van der Waals surface area contributed by atoms with Crippen molar-refractivity contribution in [1.82, 2.24) is 0 Å². The highest BCUT2D eigenvalue weighted by atomic mass is 16.3. The van der Waals surface area contributed by atoms with Crippen molar-refractivity contribution in [3.8, 4) is 0 Å². The van der Waals surface area contributed by atoms with Crippen LogP contribution in [0, 0.1) is 11.8 Å². The molecule has 0 aromatic carbocycles. The van der Waals surface area contributed by atoms with Gasteiger partial charge in [0.25, 0.3) is 0 Å². The van der Waals surface area contributed by atoms with Gasteiger partial charge in [0.05, 0.1) is 5.60 Å². The molecule has 2 aliphatic carbocycles. The average Bonchev–Trinajstić information content (AvgIpc) is 2.73. The van der Waals surface area contributed by atoms with E-state index in [1.807, 2.05) is 0 Å². The molecule has 10 heavy (non-hydrogen) atoms. The molecule has 2 nitrogen and oxygen atoms in total. The molecule has 2 saturated carbocycles. The fraction of sp³-hybridized carbons (Fsp3) is 1.00. The van der Waals surface area contributed by atoms with Crippen molar-refractivity contribution in [2.24, 2.45) is 17.6 Å². The van der Waals surface area contributed by atoms with Crippen LogP contribution in [0.25, 0.3) is 0 Å². The summed E-state index contributed by atoms with van der Waals surface area (Å²) >= 11 is 0. The average molecular weight is 141 g/mol. The van der Waals surface area contributed by atoms with Crippen molar-refractivity contribution in [2.45, 2.75) is 31.3 Å². The molecule has 0 aliphatic heterocycles. The Balaban J connectivity index is 2.03. The van der Waals surface area contributed by atoms with E-state index in [1.54, 1.807) is 0 Å². The lowest BCUT2D eigenvalue weighted by molar-refractivity contribution is 0.00413. The number of hydrogen-bond acceptors (Lipinski definition) is 2. The van der Waals surface area contributed by atoms with Gasteiger partial charge < -0.3 is 10.8 Å². The van der Waals surface area contributed by atoms with Crippen LogP contribution >= 0.6 is 0 Å². The lowest BCUT2D eigenvalue weighted by atomic mass is 9.92. The van der Waals surface area contributed by atoms with E-state index in [2.05, 4.69) is 0 Å². The van der Waals surface area contributed by atoms with Gasteiger partial charge in [0.2, 0.25) is 0 Å². The van der Waals surface area contributed by atoms with Gasteiger partial charge in [-0.2, -0.15) is 0 Å². The van der Waals surface area contributed by atoms with Crippen LogP contribution < -0.4 is 5.73 Å². The topological polar surface area (TPSA) is 46.2 Å². The van der Waals surface area contributed by atoms with Crippen LogP contribution in [-0.4, -0.2) is 17.3 Å². The van der Waals surface area contributed by atoms with Gasteiger partial charge >= 0.3 is 0 Å². The van der Waals surface area contributed by atoms with Crippen LogP contribution in [0.1, 0.15) is 25.7 Å². The summed E-state index contributed by atoms with van der Waals surface area (Å²) in [6, 6.07) is 0. The highest BCUT2D eigenvalue weighted by Gasteiger charge is 2.52. The van der Waals surface area contributed by atoms with E-state index in [0.717, 1.165) is 0 Å². The van der Waals surface area contributed by atoms with E-state index in [-0.39, 0.29) is 0 Å². The summed E-state index contributed by atoms with van der Waals surface area (Å²) in [6.45, 7) is 0.475. The molecular weight excluding hydrogens is 126 g/mol. The van der Waals surface area contributed by atoms with Crippen LogP contribution in [0.15, 0.2) is 0 Å². The standard InChI is InChI=1S/C8H15NO/c9-5-8(10,6-1-2-6)7-3-4-7/h6-7,10H,1-5,9H2. The van der Waals surface area contributed by atoms with Gasteiger partial charge in [-0.25, -0.2) is 0 Å². The Labute approximate surface area is 61.4 Å². The Morgan fingerprint density at radius 2 is 1.60 bits per heavy atom. The largest absolute Gasteiger partial charge is 0.388 e. The van der Waals surface area contributed by atoms with Crippen molar-refractivity contribution < 1.29 is 5.11 Å². The van der Waals surface area contributed by atoms with E-state index in [4.69, 9.17) is 5.73 Å². The number of aliphatic hydroxyl groups is 1. The third-order valence-corrected chi connectivity index (χ3v) is 2.90. The normalized spacial score (nSPS) is 27.0. The Bertz CT molecular complexity index is 126. The summed E-state index contributed by atoms with van der Waals surface area (Å²) in [6.07, 6.45) is 4.79. The minimum atomic E-state index is -0.458. The second kappa shape index (κ2) is 1.95. The highest BCUT2D eigenvalue weighted by molar-refractivity contribution is 5.04. The molecule has 0 heterocycles. The molecule has 0 aromatic rings. The van der Waals surface area contributed by atoms with Gasteiger partial charge in [-0.05, 0) is 37.5 Å². The number of hydrogen-bond donors (Lipinski definition) is 2. The van der Waals surface area contributed by atoms with Gasteiger partial charge in [-0.3, -0.25) is 0 Å². The van der Waals surface area contributed by atoms with Gasteiger partial charge in [0.1, 0.15) is 0 Å². The highest BCUT2D eigenvalue weighted by Crippen LogP contribution is 2.51. The maximum Gasteiger partial charge on any atom is 0.0825 e. The summed E-state index contributed by atoms with van der Waals surface area (Å²) in [5.41, 5.74) is 5.08. The first-order valence-corrected chi connectivity index (χ1v) is 4.20. The molecule has 2 fully saturated rings. The first-order valence-electron chi connectivity index (χ1n) is 4.20. The first kappa shape index (κ1) is 6.62. The zero-order valence-electron chi connectivity index (χ0n) is 6.21. The van der Waals surface area contributed by atoms with Gasteiger partial charge in [-0.1, -0.05) is 0 Å². The fourth-order valence-corrected chi connectivity index (χ4v) is 1.83. The predicted octanol–water partition coefficient (Wildman–Crippen LogP) is 0.496. The van der Waals surface area contributed by atoms with Crippen LogP contribution in [0.5, 0.6) is 0 Å². The Hall–Kier alpha value is -0.0800. The SMILES string of the molecule is NCC(O)(C1CC1)C1CC1. The van der Waals surface area contributed by atoms with E-state index >= 15 is 0 Å². The molecule has 2 aliphatic rings. The summed E-state index contributed by atoms with van der Waals surface area (Å²) < 4.78 is 0. The second-order valence-electron chi connectivity index (χ2n) is 3.74. The zero-order valence-corrected chi connectivity index (χ0v) is 6.21. The van der Waals surface area contributed by atoms with E-state index in [9.17, 15) is 5.11 Å². The minimum Gasteiger partial charge on any atom is -0.388 e. The van der Waals surface area contributed by atoms with E-state index < -0.39 is 5.60 Å². The molecule has 2 rings (SSSR count). The predicted molar refractivity (Wildman–Crippen MR) is 39.5 cm³/mol. The van der Waals surface area contributed by atoms with Crippen molar-refractivity contribution in [3.05, 3.63) is 0 Å². The van der Waals surface area contributed by atoms with Crippen LogP contribution in [0.4, 0.5) is 0 Å². The van der Waals surface area contributed by atoms with Crippen LogP contribution in [-0.2, 0) is 0 Å². The summed E-state index contributed by atoms with van der Waals surface area (Å²) in [5, 5.41) is 9.97. The minimum absolute atomic E-state index is 0.458. The Morgan fingerprint density at radius 1 is 1.20 bits per heavy atom. The van der Waals surface area contributed by atoms with E-state index in [1.165, 1.54) is 25.7 Å². The summed E-state index contributed by atoms with van der Waals surface area (Å²) in [4.78, 5) is 0. The number of nitrogens with two attached hydrogens (primary N) is 1. The number of rotatable bonds is 3. The lowest BCUT2D eigenvalue weighted by Gasteiger charge is -2.25. The molecule has 58 valence electrons. The second-order valence-corrected chi connectivity index (χ2v) is 3.74. The molecular formula is C8H15NO. The van der Waals surface area contributed by atoms with Crippen LogP contribution in [0.3, 0.4) is 0 Å². The smallest absolute Gasteiger partial charge is 0.0825 e. The van der Waals surface area contributed by atoms with Gasteiger partial charge in [-0.15, -0.1) is 0 Å². The molecule has 0 unspecified atom stereocenters. The molecule has 0 saturated heterocycles. The molecule has 0 aromatic heterocycles. The maximum atomic E-state index is 9.97. The molecule has 2 heteroatoms. The Morgan fingerprint density at radius 3 is 1.80 bits per heavy atom. The molecule has 0 radical (unpaired) electrons. The molecule has 0 bridgehead atoms. The summed E-state index contributed by atoms with van der Waals surface area (Å²) in [5.74, 6) is 1.09. The lowest BCUT2D eigenvalue weighted by Crippen LogP contribution is -2.42. The van der Waals surface area contributed by atoms with Crippen molar-refractivity contribution in [2.75, 3.05) is 6.54 Å². The van der Waals surface area contributed by atoms with Gasteiger partial charge in [0, 0.05) is 6.54 Å². The third-order valence-electron chi connectivity index (χ3n) is 2.90. The quantitative estimate of drug-likeness (QED) is 0.601. The maximum absolute atomic E-state index is 9.97. The third kappa shape index (κ3) is 0.867. The zero-order chi connectivity index (χ0) is 7.19.